The van der Waals surface area contributed by atoms with Crippen LogP contribution in [0, 0.1) is 0 Å². The minimum absolute atomic E-state index is 0.406. The van der Waals surface area contributed by atoms with Crippen LogP contribution in [0.4, 0.5) is 0 Å². The summed E-state index contributed by atoms with van der Waals surface area (Å²) in [4.78, 5) is -2.17. The Hall–Kier alpha value is -0.870. The van der Waals surface area contributed by atoms with Crippen molar-refractivity contribution in [1.29, 1.82) is 0 Å². The summed E-state index contributed by atoms with van der Waals surface area (Å²) in [6.45, 7) is -9.84. The second-order valence-electron chi connectivity index (χ2n) is 3.40. The quantitative estimate of drug-likeness (QED) is 0.858. The lowest BCUT2D eigenvalue weighted by atomic mass is 9.90. The molecule has 0 aromatic heterocycles. The van der Waals surface area contributed by atoms with Gasteiger partial charge in [0.05, 0.1) is 10.4 Å². The normalized spacial score (nSPS) is 51.2. The van der Waals surface area contributed by atoms with Gasteiger partial charge in [-0.2, -0.15) is 0 Å². The Labute approximate surface area is 141 Å². The Morgan fingerprint density at radius 1 is 1.68 bits per heavy atom. The molecule has 0 bridgehead atoms. The first-order valence-corrected chi connectivity index (χ1v) is 6.71. The van der Waals surface area contributed by atoms with Crippen LogP contribution in [-0.4, -0.2) is 39.0 Å². The number of piperidine rings is 1. The van der Waals surface area contributed by atoms with Gasteiger partial charge in [0.1, 0.15) is 0 Å². The van der Waals surface area contributed by atoms with Gasteiger partial charge in [-0.15, -0.1) is 0 Å². The third-order valence-electron chi connectivity index (χ3n) is 2.02. The van der Waals surface area contributed by atoms with Crippen LogP contribution < -0.4 is 0 Å². The zero-order valence-electron chi connectivity index (χ0n) is 27.9. The second kappa shape index (κ2) is 6.06. The Balaban J connectivity index is 3.30. The van der Waals surface area contributed by atoms with E-state index in [9.17, 15) is 8.42 Å². The maximum absolute atomic E-state index is 12.7. The average molecular weight is 300 g/mol. The first-order chi connectivity index (χ1) is 16.1. The van der Waals surface area contributed by atoms with Gasteiger partial charge in [-0.3, -0.25) is 0 Å². The number of hydrogen-bond acceptors (Lipinski definition) is 3. The molecule has 0 saturated carbocycles. The molecule has 1 aromatic rings. The third kappa shape index (κ3) is 3.80. The molecule has 0 spiro atoms. The summed E-state index contributed by atoms with van der Waals surface area (Å²) in [6.07, 6.45) is -12.8. The Morgan fingerprint density at radius 3 is 3.26 bits per heavy atom. The van der Waals surface area contributed by atoms with Gasteiger partial charge >= 0.3 is 0 Å². The van der Waals surface area contributed by atoms with E-state index < -0.39 is 100 Å². The molecule has 19 heavy (non-hydrogen) atoms. The fraction of sp³-hybridized carbons (Fsp3) is 0.600. The predicted octanol–water partition coefficient (Wildman–Crippen LogP) is 2.68. The topological polar surface area (TPSA) is 37.4 Å². The molecule has 106 valence electrons. The van der Waals surface area contributed by atoms with E-state index in [1.165, 1.54) is 0 Å². The molecule has 0 amide bonds. The molecule has 1 heterocycles. The summed E-state index contributed by atoms with van der Waals surface area (Å²) in [7, 11) is -5.70. The predicted molar refractivity (Wildman–Crippen MR) is 78.3 cm³/mol. The number of nitrogens with zero attached hydrogens (tertiary/aromatic N) is 1. The standard InChI is InChI=1S/C15H23NO2S/c1-3-9-16-10-5-7-14(12-16)13-6-4-8-15(11-13)19(2,17)18/h4,6,8,11,14H,3,5,7,9-10,12H2,1-2H3/i2D3,4D,5D2,6D,7D2,8D,9D2,10D2,11D,12D2,14D. The summed E-state index contributed by atoms with van der Waals surface area (Å²) in [5, 5.41) is 0. The minimum atomic E-state index is -5.70. The molecule has 0 radical (unpaired) electrons. The maximum Gasteiger partial charge on any atom is 0.175 e. The van der Waals surface area contributed by atoms with Gasteiger partial charge < -0.3 is 4.90 Å². The van der Waals surface area contributed by atoms with Gasteiger partial charge in [0.2, 0.25) is 0 Å². The van der Waals surface area contributed by atoms with Gasteiger partial charge in [0.25, 0.3) is 0 Å². The lowest BCUT2D eigenvalue weighted by molar-refractivity contribution is 0.208. The van der Waals surface area contributed by atoms with Crippen molar-refractivity contribution in [2.75, 3.05) is 25.7 Å². The van der Waals surface area contributed by atoms with Gasteiger partial charge in [0.15, 0.2) is 9.84 Å². The monoisotopic (exact) mass is 299 g/mol. The molecule has 1 aliphatic heterocycles. The first kappa shape index (κ1) is 3.86. The molecule has 1 aliphatic rings. The van der Waals surface area contributed by atoms with Crippen LogP contribution in [0.25, 0.3) is 0 Å². The molecule has 3 nitrogen and oxygen atoms in total. The second-order valence-corrected chi connectivity index (χ2v) is 4.82. The molecule has 0 N–H and O–H groups in total. The molecule has 2 rings (SSSR count). The molecule has 1 atom stereocenters. The molecule has 1 unspecified atom stereocenters. The zero-order valence-corrected chi connectivity index (χ0v) is 10.7. The van der Waals surface area contributed by atoms with Gasteiger partial charge in [0, 0.05) is 31.9 Å². The Kier molecular flexibility index (Phi) is 1.23. The maximum atomic E-state index is 12.7. The molecule has 1 aromatic carbocycles. The van der Waals surface area contributed by atoms with Crippen LogP contribution in [-0.2, 0) is 9.84 Å². The number of hydrogen-bond donors (Lipinski definition) is 0. The summed E-state index contributed by atoms with van der Waals surface area (Å²) in [5.74, 6) is -4.06. The van der Waals surface area contributed by atoms with Crippen molar-refractivity contribution >= 4 is 9.84 Å². The number of sulfone groups is 1. The van der Waals surface area contributed by atoms with Crippen molar-refractivity contribution in [3.63, 3.8) is 0 Å². The van der Waals surface area contributed by atoms with E-state index in [1.807, 2.05) is 0 Å². The van der Waals surface area contributed by atoms with E-state index >= 15 is 0 Å². The highest BCUT2D eigenvalue weighted by Crippen LogP contribution is 2.28. The molecule has 0 aliphatic carbocycles. The summed E-state index contributed by atoms with van der Waals surface area (Å²) in [6, 6.07) is -6.18. The highest BCUT2D eigenvalue weighted by atomic mass is 32.2. The van der Waals surface area contributed by atoms with Crippen molar-refractivity contribution in [1.82, 2.24) is 4.90 Å². The van der Waals surface area contributed by atoms with Gasteiger partial charge in [-0.25, -0.2) is 8.42 Å². The Morgan fingerprint density at radius 2 is 2.53 bits per heavy atom. The van der Waals surface area contributed by atoms with Gasteiger partial charge in [-0.1, -0.05) is 19.0 Å². The number of rotatable bonds is 4. The lowest BCUT2D eigenvalue weighted by Gasteiger charge is -2.32. The third-order valence-corrected chi connectivity index (χ3v) is 2.76. The number of benzene rings is 1. The summed E-state index contributed by atoms with van der Waals surface area (Å²) < 4.78 is 172. The van der Waals surface area contributed by atoms with Crippen LogP contribution in [0.1, 0.15) is 62.2 Å². The van der Waals surface area contributed by atoms with E-state index in [4.69, 9.17) is 24.7 Å². The van der Waals surface area contributed by atoms with Crippen molar-refractivity contribution in [3.05, 3.63) is 29.7 Å². The van der Waals surface area contributed by atoms with E-state index in [0.717, 1.165) is 6.92 Å². The van der Waals surface area contributed by atoms with E-state index in [-0.39, 0.29) is 0 Å². The van der Waals surface area contributed by atoms with Crippen LogP contribution in [0.15, 0.2) is 29.1 Å². The highest BCUT2D eigenvalue weighted by Gasteiger charge is 2.21. The minimum Gasteiger partial charge on any atom is -0.303 e. The van der Waals surface area contributed by atoms with Crippen LogP contribution in [0.3, 0.4) is 0 Å². The largest absolute Gasteiger partial charge is 0.303 e. The summed E-state index contributed by atoms with van der Waals surface area (Å²) >= 11 is 0. The first-order valence-electron chi connectivity index (χ1n) is 14.2. The van der Waals surface area contributed by atoms with Crippen LogP contribution in [0.5, 0.6) is 0 Å². The van der Waals surface area contributed by atoms with E-state index in [0.29, 0.717) is 0 Å². The SMILES string of the molecule is [2H]c1c([2H])c(C2([2H])C([2H])([2H])N(C([2H])([2H])CC)C([2H])([2H])C([2H])([2H])C2([2H])[2H])c([2H])c(S(=O)(=O)C([2H])([2H])[2H])c1[2H]. The van der Waals surface area contributed by atoms with E-state index in [1.54, 1.807) is 0 Å². The Bertz CT molecular complexity index is 1220. The fourth-order valence-electron chi connectivity index (χ4n) is 1.26. The average Bonchev–Trinajstić information content (AvgIpc) is 2.69. The van der Waals surface area contributed by atoms with E-state index in [2.05, 4.69) is 0 Å². The summed E-state index contributed by atoms with van der Waals surface area (Å²) in [5.41, 5.74) is -1.66. The van der Waals surface area contributed by atoms with Crippen LogP contribution in [0.2, 0.25) is 0 Å². The molecule has 1 saturated heterocycles. The molecular formula is C15H23NO2S. The van der Waals surface area contributed by atoms with Gasteiger partial charge in [-0.05, 0) is 55.7 Å². The van der Waals surface area contributed by atoms with Crippen molar-refractivity contribution in [2.24, 2.45) is 0 Å². The van der Waals surface area contributed by atoms with Crippen molar-refractivity contribution < 1.29 is 33.1 Å². The molecule has 4 heteroatoms. The smallest absolute Gasteiger partial charge is 0.175 e. The lowest BCUT2D eigenvalue weighted by Crippen LogP contribution is -2.34. The number of likely N-dealkylation sites (tertiary alicyclic amines) is 1. The van der Waals surface area contributed by atoms with Crippen molar-refractivity contribution in [3.8, 4) is 0 Å². The molecular weight excluding hydrogens is 258 g/mol. The van der Waals surface area contributed by atoms with Crippen LogP contribution >= 0.6 is 0 Å². The fourth-order valence-corrected chi connectivity index (χ4v) is 1.68. The zero-order chi connectivity index (χ0) is 29.7. The van der Waals surface area contributed by atoms with Crippen molar-refractivity contribution in [2.45, 2.75) is 36.9 Å². The molecule has 1 fully saturated rings. The highest BCUT2D eigenvalue weighted by molar-refractivity contribution is 7.90.